The van der Waals surface area contributed by atoms with Crippen molar-refractivity contribution in [3.8, 4) is 6.07 Å². The van der Waals surface area contributed by atoms with Crippen molar-refractivity contribution < 1.29 is 47.2 Å². The minimum Gasteiger partial charge on any atom is -0.457 e. The van der Waals surface area contributed by atoms with Crippen LogP contribution in [-0.2, 0) is 29.2 Å². The van der Waals surface area contributed by atoms with E-state index in [1.807, 2.05) is 48.5 Å². The summed E-state index contributed by atoms with van der Waals surface area (Å²) in [6, 6.07) is 32.9. The van der Waals surface area contributed by atoms with Crippen molar-refractivity contribution in [3.05, 3.63) is 165 Å². The molecule has 1 amide bonds. The van der Waals surface area contributed by atoms with E-state index < -0.39 is 40.0 Å². The van der Waals surface area contributed by atoms with Gasteiger partial charge in [0.1, 0.15) is 6.61 Å². The predicted molar refractivity (Wildman–Crippen MR) is 188 cm³/mol. The number of nitriles is 1. The average Bonchev–Trinajstić information content (AvgIpc) is 3.15. The lowest BCUT2D eigenvalue weighted by Gasteiger charge is -2.24. The molecule has 5 aromatic rings. The Bertz CT molecular complexity index is 1900. The lowest BCUT2D eigenvalue weighted by atomic mass is 10.1. The molecule has 0 heterocycles. The fourth-order valence-corrected chi connectivity index (χ4v) is 4.76. The second-order valence-corrected chi connectivity index (χ2v) is 11.4. The summed E-state index contributed by atoms with van der Waals surface area (Å²) in [6.07, 6.45) is 0. The number of hydrogen-bond acceptors (Lipinski definition) is 6. The SMILES string of the molecule is Fc1c(F)c(F)c(S)c(F)c1F.N#Cc1cccc(CN(C(=O)CNCc2ccc(Cl)cc2)c2ccc(C(=O)OCc3ccccc3)cc2)c1.O.O. The molecule has 0 aromatic heterocycles. The first-order valence-electron chi connectivity index (χ1n) is 14.7. The van der Waals surface area contributed by atoms with E-state index >= 15 is 0 Å². The molecule has 8 nitrogen and oxygen atoms in total. The summed E-state index contributed by atoms with van der Waals surface area (Å²) >= 11 is 9.05. The summed E-state index contributed by atoms with van der Waals surface area (Å²) in [5, 5.41) is 13.1. The van der Waals surface area contributed by atoms with Crippen LogP contribution in [0.3, 0.4) is 0 Å². The van der Waals surface area contributed by atoms with Gasteiger partial charge in [0.25, 0.3) is 0 Å². The minimum absolute atomic E-state index is 0. The van der Waals surface area contributed by atoms with Gasteiger partial charge in [-0.2, -0.15) is 5.26 Å². The zero-order valence-electron chi connectivity index (χ0n) is 27.0. The van der Waals surface area contributed by atoms with E-state index in [9.17, 15) is 36.8 Å². The number of nitrogens with zero attached hydrogens (tertiary/aromatic N) is 2. The van der Waals surface area contributed by atoms with Crippen molar-refractivity contribution >= 4 is 41.8 Å². The number of hydrogen-bond donors (Lipinski definition) is 2. The van der Waals surface area contributed by atoms with Crippen LogP contribution in [0.15, 0.2) is 108 Å². The Morgan fingerprint density at radius 3 is 1.92 bits per heavy atom. The number of anilines is 1. The van der Waals surface area contributed by atoms with Gasteiger partial charge in [-0.1, -0.05) is 66.2 Å². The number of amides is 1. The molecule has 0 bridgehead atoms. The van der Waals surface area contributed by atoms with E-state index in [1.54, 1.807) is 59.5 Å². The highest BCUT2D eigenvalue weighted by molar-refractivity contribution is 7.80. The number of carbonyl (C=O) groups is 2. The molecule has 0 fully saturated rings. The Kier molecular flexibility index (Phi) is 16.9. The van der Waals surface area contributed by atoms with Gasteiger partial charge in [-0.05, 0) is 65.2 Å². The maximum atomic E-state index is 13.3. The number of nitrogens with one attached hydrogen (secondary N) is 1. The van der Waals surface area contributed by atoms with Crippen molar-refractivity contribution in [1.29, 1.82) is 5.26 Å². The molecule has 0 saturated carbocycles. The van der Waals surface area contributed by atoms with Gasteiger partial charge >= 0.3 is 5.97 Å². The van der Waals surface area contributed by atoms with Gasteiger partial charge in [-0.3, -0.25) is 4.79 Å². The van der Waals surface area contributed by atoms with Gasteiger partial charge in [0, 0.05) is 17.3 Å². The molecule has 5 N–H and O–H groups in total. The van der Waals surface area contributed by atoms with Crippen LogP contribution in [0.25, 0.3) is 0 Å². The molecular weight excluding hydrogens is 729 g/mol. The first-order chi connectivity index (χ1) is 24.0. The standard InChI is InChI=1S/C31H26ClN3O3.C6HF5S.2H2O/c32-28-13-9-23(10-14-28)19-34-20-30(36)35(21-26-8-4-7-25(17-26)18-33)29-15-11-27(12-16-29)31(37)38-22-24-5-2-1-3-6-24;7-1-2(8)4(10)6(12)5(11)3(1)9;;/h1-17,34H,19-22H2;12H;2*1H2. The van der Waals surface area contributed by atoms with Crippen molar-refractivity contribution in [3.63, 3.8) is 0 Å². The summed E-state index contributed by atoms with van der Waals surface area (Å²) in [5.74, 6) is -10.6. The summed E-state index contributed by atoms with van der Waals surface area (Å²) in [6.45, 7) is 1.06. The van der Waals surface area contributed by atoms with E-state index in [0.717, 1.165) is 16.7 Å². The van der Waals surface area contributed by atoms with Crippen LogP contribution in [0.1, 0.15) is 32.6 Å². The number of rotatable bonds is 10. The molecule has 15 heteroatoms. The number of thiol groups is 1. The average molecular weight is 760 g/mol. The quantitative estimate of drug-likeness (QED) is 0.0523. The zero-order valence-corrected chi connectivity index (χ0v) is 28.6. The summed E-state index contributed by atoms with van der Waals surface area (Å²) in [4.78, 5) is 26.3. The Labute approximate surface area is 306 Å². The van der Waals surface area contributed by atoms with Gasteiger partial charge in [0.2, 0.25) is 11.7 Å². The molecule has 0 unspecified atom stereocenters. The van der Waals surface area contributed by atoms with Crippen LogP contribution in [0.4, 0.5) is 27.6 Å². The fourth-order valence-electron chi connectivity index (χ4n) is 4.43. The highest BCUT2D eigenvalue weighted by Gasteiger charge is 2.23. The number of benzene rings is 5. The summed E-state index contributed by atoms with van der Waals surface area (Å²) in [7, 11) is 0. The van der Waals surface area contributed by atoms with Gasteiger partial charge in [-0.15, -0.1) is 12.6 Å². The first-order valence-corrected chi connectivity index (χ1v) is 15.6. The third-order valence-electron chi connectivity index (χ3n) is 7.03. The van der Waals surface area contributed by atoms with E-state index in [4.69, 9.17) is 16.3 Å². The fraction of sp³-hybridized carbons (Fsp3) is 0.108. The zero-order chi connectivity index (χ0) is 36.2. The van der Waals surface area contributed by atoms with Crippen molar-refractivity contribution in [2.75, 3.05) is 11.4 Å². The van der Waals surface area contributed by atoms with Crippen molar-refractivity contribution in [2.24, 2.45) is 0 Å². The van der Waals surface area contributed by atoms with Crippen LogP contribution in [0.2, 0.25) is 5.02 Å². The second kappa shape index (κ2) is 20.5. The normalized spacial score (nSPS) is 10.0. The molecule has 272 valence electrons. The molecule has 5 rings (SSSR count). The van der Waals surface area contributed by atoms with E-state index in [0.29, 0.717) is 28.4 Å². The first kappa shape index (κ1) is 42.9. The molecule has 0 aliphatic carbocycles. The van der Waals surface area contributed by atoms with E-state index in [2.05, 4.69) is 24.0 Å². The molecule has 5 aromatic carbocycles. The molecule has 0 spiro atoms. The monoisotopic (exact) mass is 759 g/mol. The van der Waals surface area contributed by atoms with E-state index in [-0.39, 0.29) is 36.6 Å². The topological polar surface area (TPSA) is 145 Å². The highest BCUT2D eigenvalue weighted by Crippen LogP contribution is 2.25. The largest absolute Gasteiger partial charge is 0.457 e. The van der Waals surface area contributed by atoms with Gasteiger partial charge in [0.15, 0.2) is 23.3 Å². The maximum absolute atomic E-state index is 13.3. The molecule has 0 radical (unpaired) electrons. The number of carbonyl (C=O) groups excluding carboxylic acids is 2. The Balaban J connectivity index is 0.000000570. The van der Waals surface area contributed by atoms with Crippen LogP contribution in [0, 0.1) is 40.4 Å². The molecule has 0 saturated heterocycles. The van der Waals surface area contributed by atoms with Crippen LogP contribution in [-0.4, -0.2) is 29.4 Å². The van der Waals surface area contributed by atoms with Crippen LogP contribution < -0.4 is 10.2 Å². The molecule has 0 aliphatic heterocycles. The predicted octanol–water partition coefficient (Wildman–Crippen LogP) is 6.91. The summed E-state index contributed by atoms with van der Waals surface area (Å²) in [5.41, 5.74) is 4.28. The summed E-state index contributed by atoms with van der Waals surface area (Å²) < 4.78 is 66.7. The Hall–Kier alpha value is -5.30. The number of halogens is 6. The van der Waals surface area contributed by atoms with Crippen LogP contribution >= 0.6 is 24.2 Å². The Morgan fingerprint density at radius 2 is 1.33 bits per heavy atom. The van der Waals surface area contributed by atoms with Crippen molar-refractivity contribution in [2.45, 2.75) is 24.6 Å². The maximum Gasteiger partial charge on any atom is 0.338 e. The lowest BCUT2D eigenvalue weighted by molar-refractivity contribution is -0.118. The van der Waals surface area contributed by atoms with Gasteiger partial charge in [-0.25, -0.2) is 26.7 Å². The molecule has 0 aliphatic rings. The van der Waals surface area contributed by atoms with Gasteiger partial charge in [0.05, 0.1) is 35.2 Å². The third kappa shape index (κ3) is 11.6. The second-order valence-electron chi connectivity index (χ2n) is 10.5. The van der Waals surface area contributed by atoms with Gasteiger partial charge < -0.3 is 25.9 Å². The number of esters is 1. The Morgan fingerprint density at radius 1 is 0.750 bits per heavy atom. The molecule has 0 atom stereocenters. The molecular formula is C37H31ClF5N3O5S. The van der Waals surface area contributed by atoms with Crippen LogP contribution in [0.5, 0.6) is 0 Å². The van der Waals surface area contributed by atoms with E-state index in [1.165, 1.54) is 0 Å². The van der Waals surface area contributed by atoms with Crippen molar-refractivity contribution in [1.82, 2.24) is 5.32 Å². The lowest BCUT2D eigenvalue weighted by Crippen LogP contribution is -2.37. The third-order valence-corrected chi connectivity index (χ3v) is 7.68. The number of ether oxygens (including phenoxy) is 1. The highest BCUT2D eigenvalue weighted by atomic mass is 35.5. The smallest absolute Gasteiger partial charge is 0.338 e. The molecule has 52 heavy (non-hydrogen) atoms. The minimum atomic E-state index is -2.18.